The van der Waals surface area contributed by atoms with Crippen LogP contribution in [0.2, 0.25) is 0 Å². The Kier molecular flexibility index (Phi) is 6.55. The highest BCUT2D eigenvalue weighted by Crippen LogP contribution is 2.19. The van der Waals surface area contributed by atoms with Gasteiger partial charge in [0.25, 0.3) is 0 Å². The second-order valence-corrected chi connectivity index (χ2v) is 7.32. The standard InChI is InChI=1S/C21H23F2N7O2/c1-14-9-25-21(28-20(14)24-11-16-17(22)3-2-4-18(16)23)27-15-10-26-30(12-15)13-19(31)29-5-7-32-8-6-29/h2-4,9-10,12H,5-8,11,13H2,1H3,(H2,24,25,27,28). The van der Waals surface area contributed by atoms with Gasteiger partial charge in [-0.25, -0.2) is 13.8 Å². The number of amides is 1. The second-order valence-electron chi connectivity index (χ2n) is 7.32. The van der Waals surface area contributed by atoms with Crippen LogP contribution in [0.4, 0.5) is 26.2 Å². The van der Waals surface area contributed by atoms with Crippen LogP contribution < -0.4 is 10.6 Å². The number of morpholine rings is 1. The third-order valence-electron chi connectivity index (χ3n) is 5.02. The monoisotopic (exact) mass is 443 g/mol. The number of aromatic nitrogens is 4. The van der Waals surface area contributed by atoms with Crippen molar-refractivity contribution in [3.63, 3.8) is 0 Å². The summed E-state index contributed by atoms with van der Waals surface area (Å²) < 4.78 is 34.5. The van der Waals surface area contributed by atoms with Gasteiger partial charge in [0.15, 0.2) is 0 Å². The first-order valence-electron chi connectivity index (χ1n) is 10.1. The molecule has 0 saturated carbocycles. The lowest BCUT2D eigenvalue weighted by molar-refractivity contribution is -0.136. The zero-order chi connectivity index (χ0) is 22.5. The highest BCUT2D eigenvalue weighted by atomic mass is 19.1. The van der Waals surface area contributed by atoms with Gasteiger partial charge in [-0.3, -0.25) is 9.48 Å². The Bertz CT molecular complexity index is 1080. The van der Waals surface area contributed by atoms with E-state index in [1.807, 2.05) is 0 Å². The molecule has 1 amide bonds. The molecule has 1 fully saturated rings. The lowest BCUT2D eigenvalue weighted by atomic mass is 10.2. The van der Waals surface area contributed by atoms with Gasteiger partial charge in [0.2, 0.25) is 11.9 Å². The van der Waals surface area contributed by atoms with E-state index in [1.165, 1.54) is 22.9 Å². The van der Waals surface area contributed by atoms with Gasteiger partial charge < -0.3 is 20.3 Å². The van der Waals surface area contributed by atoms with Crippen molar-refractivity contribution in [3.05, 3.63) is 59.6 Å². The van der Waals surface area contributed by atoms with Gasteiger partial charge in [0.05, 0.1) is 25.1 Å². The summed E-state index contributed by atoms with van der Waals surface area (Å²) in [5, 5.41) is 10.2. The number of hydrogen-bond donors (Lipinski definition) is 2. The van der Waals surface area contributed by atoms with Crippen LogP contribution in [0.15, 0.2) is 36.8 Å². The SMILES string of the molecule is Cc1cnc(Nc2cnn(CC(=O)N3CCOCC3)c2)nc1NCc1c(F)cccc1F. The predicted molar refractivity (Wildman–Crippen MR) is 113 cm³/mol. The average molecular weight is 443 g/mol. The topological polar surface area (TPSA) is 97.2 Å². The summed E-state index contributed by atoms with van der Waals surface area (Å²) >= 11 is 0. The second kappa shape index (κ2) is 9.69. The van der Waals surface area contributed by atoms with Gasteiger partial charge in [-0.05, 0) is 19.1 Å². The highest BCUT2D eigenvalue weighted by Gasteiger charge is 2.17. The molecular formula is C21H23F2N7O2. The van der Waals surface area contributed by atoms with Crippen molar-refractivity contribution in [1.82, 2.24) is 24.6 Å². The molecular weight excluding hydrogens is 420 g/mol. The van der Waals surface area contributed by atoms with Crippen LogP contribution in [0, 0.1) is 18.6 Å². The zero-order valence-corrected chi connectivity index (χ0v) is 17.5. The lowest BCUT2D eigenvalue weighted by Gasteiger charge is -2.26. The molecule has 2 N–H and O–H groups in total. The molecule has 3 heterocycles. The van der Waals surface area contributed by atoms with Gasteiger partial charge in [-0.2, -0.15) is 10.1 Å². The molecule has 9 nitrogen and oxygen atoms in total. The zero-order valence-electron chi connectivity index (χ0n) is 17.5. The Morgan fingerprint density at radius 1 is 1.19 bits per heavy atom. The van der Waals surface area contributed by atoms with Gasteiger partial charge >= 0.3 is 0 Å². The summed E-state index contributed by atoms with van der Waals surface area (Å²) in [6.07, 6.45) is 4.85. The Balaban J connectivity index is 1.39. The number of carbonyl (C=O) groups excluding carboxylic acids is 1. The van der Waals surface area contributed by atoms with E-state index in [9.17, 15) is 13.6 Å². The summed E-state index contributed by atoms with van der Waals surface area (Å²) in [5.41, 5.74) is 1.26. The number of rotatable bonds is 7. The number of benzene rings is 1. The molecule has 1 aliphatic heterocycles. The van der Waals surface area contributed by atoms with E-state index in [1.54, 1.807) is 30.4 Å². The summed E-state index contributed by atoms with van der Waals surface area (Å²) in [7, 11) is 0. The van der Waals surface area contributed by atoms with Crippen LogP contribution in [0.5, 0.6) is 0 Å². The van der Waals surface area contributed by atoms with Crippen LogP contribution in [-0.4, -0.2) is 56.9 Å². The average Bonchev–Trinajstić information content (AvgIpc) is 3.22. The highest BCUT2D eigenvalue weighted by molar-refractivity contribution is 5.76. The first kappa shape index (κ1) is 21.6. The molecule has 0 aliphatic carbocycles. The molecule has 168 valence electrons. The van der Waals surface area contributed by atoms with Gasteiger partial charge in [-0.15, -0.1) is 0 Å². The molecule has 4 rings (SSSR count). The quantitative estimate of drug-likeness (QED) is 0.579. The van der Waals surface area contributed by atoms with Crippen molar-refractivity contribution in [1.29, 1.82) is 0 Å². The normalized spacial score (nSPS) is 13.8. The van der Waals surface area contributed by atoms with Crippen molar-refractivity contribution in [2.24, 2.45) is 0 Å². The molecule has 2 aromatic heterocycles. The largest absolute Gasteiger partial charge is 0.378 e. The fourth-order valence-electron chi connectivity index (χ4n) is 3.25. The first-order valence-corrected chi connectivity index (χ1v) is 10.1. The van der Waals surface area contributed by atoms with Crippen LogP contribution in [-0.2, 0) is 22.6 Å². The summed E-state index contributed by atoms with van der Waals surface area (Å²) in [4.78, 5) is 22.7. The molecule has 1 aromatic carbocycles. The van der Waals surface area contributed by atoms with Crippen LogP contribution in [0.1, 0.15) is 11.1 Å². The van der Waals surface area contributed by atoms with E-state index in [0.29, 0.717) is 37.8 Å². The van der Waals surface area contributed by atoms with Crippen molar-refractivity contribution in [3.8, 4) is 0 Å². The number of nitrogens with one attached hydrogen (secondary N) is 2. The Labute approximate surface area is 183 Å². The first-order chi connectivity index (χ1) is 15.5. The molecule has 0 atom stereocenters. The van der Waals surface area contributed by atoms with E-state index in [-0.39, 0.29) is 30.5 Å². The van der Waals surface area contributed by atoms with E-state index in [0.717, 1.165) is 5.56 Å². The minimum Gasteiger partial charge on any atom is -0.378 e. The molecule has 1 saturated heterocycles. The maximum Gasteiger partial charge on any atom is 0.244 e. The van der Waals surface area contributed by atoms with E-state index >= 15 is 0 Å². The third-order valence-corrected chi connectivity index (χ3v) is 5.02. The summed E-state index contributed by atoms with van der Waals surface area (Å²) in [6.45, 7) is 4.10. The molecule has 11 heteroatoms. The van der Waals surface area contributed by atoms with Crippen LogP contribution in [0.25, 0.3) is 0 Å². The number of nitrogens with zero attached hydrogens (tertiary/aromatic N) is 5. The van der Waals surface area contributed by atoms with E-state index in [4.69, 9.17) is 4.74 Å². The van der Waals surface area contributed by atoms with Crippen molar-refractivity contribution in [2.75, 3.05) is 36.9 Å². The smallest absolute Gasteiger partial charge is 0.244 e. The van der Waals surface area contributed by atoms with Crippen molar-refractivity contribution in [2.45, 2.75) is 20.0 Å². The van der Waals surface area contributed by atoms with Crippen LogP contribution in [0.3, 0.4) is 0 Å². The lowest BCUT2D eigenvalue weighted by Crippen LogP contribution is -2.42. The van der Waals surface area contributed by atoms with Gasteiger partial charge in [-0.1, -0.05) is 6.07 Å². The fraction of sp³-hybridized carbons (Fsp3) is 0.333. The minimum atomic E-state index is -0.624. The number of hydrogen-bond acceptors (Lipinski definition) is 7. The summed E-state index contributed by atoms with van der Waals surface area (Å²) in [6, 6.07) is 3.74. The Hall–Kier alpha value is -3.60. The van der Waals surface area contributed by atoms with Crippen molar-refractivity contribution >= 4 is 23.4 Å². The molecule has 0 unspecified atom stereocenters. The van der Waals surface area contributed by atoms with Gasteiger partial charge in [0.1, 0.15) is 24.0 Å². The maximum absolute atomic E-state index is 13.9. The number of ether oxygens (including phenoxy) is 1. The van der Waals surface area contributed by atoms with E-state index < -0.39 is 11.6 Å². The molecule has 3 aromatic rings. The molecule has 32 heavy (non-hydrogen) atoms. The van der Waals surface area contributed by atoms with Crippen LogP contribution >= 0.6 is 0 Å². The molecule has 0 spiro atoms. The number of anilines is 3. The molecule has 0 bridgehead atoms. The fourth-order valence-corrected chi connectivity index (χ4v) is 3.25. The van der Waals surface area contributed by atoms with E-state index in [2.05, 4.69) is 25.7 Å². The number of halogens is 2. The predicted octanol–water partition coefficient (Wildman–Crippen LogP) is 2.47. The van der Waals surface area contributed by atoms with Gasteiger partial charge in [0, 0.05) is 43.2 Å². The Morgan fingerprint density at radius 3 is 2.69 bits per heavy atom. The minimum absolute atomic E-state index is 0.0265. The maximum atomic E-state index is 13.9. The Morgan fingerprint density at radius 2 is 1.94 bits per heavy atom. The van der Waals surface area contributed by atoms with Crippen molar-refractivity contribution < 1.29 is 18.3 Å². The third kappa shape index (κ3) is 5.17. The number of aryl methyl sites for hydroxylation is 1. The number of carbonyl (C=O) groups is 1. The molecule has 1 aliphatic rings. The molecule has 0 radical (unpaired) electrons. The summed E-state index contributed by atoms with van der Waals surface area (Å²) in [5.74, 6) is -0.546.